The summed E-state index contributed by atoms with van der Waals surface area (Å²) < 4.78 is 20.7. The van der Waals surface area contributed by atoms with Crippen LogP contribution >= 0.6 is 0 Å². The maximum atomic E-state index is 11.6. The van der Waals surface area contributed by atoms with Crippen molar-refractivity contribution in [3.63, 3.8) is 0 Å². The summed E-state index contributed by atoms with van der Waals surface area (Å²) in [5.41, 5.74) is 0. The molecule has 0 amide bonds. The zero-order valence-corrected chi connectivity index (χ0v) is 13.6. The first kappa shape index (κ1) is 15.4. The quantitative estimate of drug-likeness (QED) is 0.577. The molecule has 0 spiro atoms. The molecule has 2 unspecified atom stereocenters. The Balaban J connectivity index is 2.66. The van der Waals surface area contributed by atoms with E-state index in [0.717, 1.165) is 0 Å². The van der Waals surface area contributed by atoms with Gasteiger partial charge in [-0.3, -0.25) is 0 Å². The summed E-state index contributed by atoms with van der Waals surface area (Å²) in [5.74, 6) is -1.42. The van der Waals surface area contributed by atoms with Gasteiger partial charge in [0.25, 0.3) is 12.6 Å². The lowest BCUT2D eigenvalue weighted by atomic mass is 10.5. The Labute approximate surface area is 109 Å². The number of carbonyl (C=O) groups excluding carboxylic acids is 2. The van der Waals surface area contributed by atoms with Crippen molar-refractivity contribution in [1.29, 1.82) is 0 Å². The second-order valence-corrected chi connectivity index (χ2v) is 14.9. The van der Waals surface area contributed by atoms with Crippen molar-refractivity contribution in [2.24, 2.45) is 0 Å². The first-order valence-corrected chi connectivity index (χ1v) is 12.6. The summed E-state index contributed by atoms with van der Waals surface area (Å²) in [4.78, 5) is 23.3. The lowest BCUT2D eigenvalue weighted by molar-refractivity contribution is -0.234. The molecule has 2 atom stereocenters. The van der Waals surface area contributed by atoms with Crippen LogP contribution in [-0.4, -0.2) is 41.2 Å². The van der Waals surface area contributed by atoms with Crippen LogP contribution in [0.5, 0.6) is 0 Å². The van der Waals surface area contributed by atoms with Crippen molar-refractivity contribution in [2.75, 3.05) is 0 Å². The fourth-order valence-corrected chi connectivity index (χ4v) is 2.78. The van der Waals surface area contributed by atoms with Crippen LogP contribution in [0.25, 0.3) is 0 Å². The molecule has 0 aliphatic carbocycles. The number of cyclic esters (lactones) is 2. The van der Waals surface area contributed by atoms with E-state index in [4.69, 9.17) is 18.3 Å². The highest BCUT2D eigenvalue weighted by molar-refractivity contribution is 6.70. The van der Waals surface area contributed by atoms with Gasteiger partial charge in [-0.25, -0.2) is 9.59 Å². The Hall–Kier alpha value is -0.706. The largest absolute Gasteiger partial charge is 0.420 e. The van der Waals surface area contributed by atoms with E-state index in [1.807, 2.05) is 39.3 Å². The summed E-state index contributed by atoms with van der Waals surface area (Å²) in [6.45, 7) is 11.3. The highest BCUT2D eigenvalue weighted by Crippen LogP contribution is 2.19. The number of ether oxygens (including phenoxy) is 2. The molecule has 1 aliphatic heterocycles. The van der Waals surface area contributed by atoms with E-state index in [-0.39, 0.29) is 0 Å². The number of esters is 2. The molecular weight excluding hydrogens is 272 g/mol. The fraction of sp³-hybridized carbons (Fsp3) is 0.800. The molecule has 0 N–H and O–H groups in total. The molecule has 1 fully saturated rings. The van der Waals surface area contributed by atoms with Crippen molar-refractivity contribution in [3.05, 3.63) is 0 Å². The number of hydrogen-bond acceptors (Lipinski definition) is 6. The van der Waals surface area contributed by atoms with Gasteiger partial charge in [0.1, 0.15) is 0 Å². The molecule has 1 aliphatic rings. The Morgan fingerprint density at radius 1 is 0.778 bits per heavy atom. The van der Waals surface area contributed by atoms with Crippen LogP contribution < -0.4 is 0 Å². The molecule has 1 saturated heterocycles. The van der Waals surface area contributed by atoms with E-state index < -0.39 is 41.2 Å². The molecule has 1 rings (SSSR count). The molecule has 8 heteroatoms. The van der Waals surface area contributed by atoms with Crippen molar-refractivity contribution in [2.45, 2.75) is 51.9 Å². The first-order chi connectivity index (χ1) is 7.98. The standard InChI is InChI=1S/C10H20O6Si2/c1-17(2,3)15-9-7(11)14-10(8(12)13-9)16-18(4,5)6/h9-10H,1-6H3. The number of hydrogen-bond donors (Lipinski definition) is 0. The van der Waals surface area contributed by atoms with Crippen molar-refractivity contribution < 1.29 is 27.9 Å². The van der Waals surface area contributed by atoms with Gasteiger partial charge >= 0.3 is 11.9 Å². The van der Waals surface area contributed by atoms with Gasteiger partial charge in [-0.05, 0) is 39.3 Å². The summed E-state index contributed by atoms with van der Waals surface area (Å²) in [6.07, 6.45) is -2.52. The monoisotopic (exact) mass is 292 g/mol. The van der Waals surface area contributed by atoms with Gasteiger partial charge in [0, 0.05) is 0 Å². The molecule has 104 valence electrons. The third kappa shape index (κ3) is 4.88. The topological polar surface area (TPSA) is 71.1 Å². The molecule has 0 bridgehead atoms. The lowest BCUT2D eigenvalue weighted by Gasteiger charge is -2.32. The van der Waals surface area contributed by atoms with Gasteiger partial charge in [0.15, 0.2) is 16.6 Å². The molecule has 0 aromatic rings. The van der Waals surface area contributed by atoms with Crippen molar-refractivity contribution in [1.82, 2.24) is 0 Å². The van der Waals surface area contributed by atoms with E-state index in [9.17, 15) is 9.59 Å². The Morgan fingerprint density at radius 3 is 1.28 bits per heavy atom. The van der Waals surface area contributed by atoms with E-state index in [1.54, 1.807) is 0 Å². The van der Waals surface area contributed by atoms with E-state index >= 15 is 0 Å². The summed E-state index contributed by atoms with van der Waals surface area (Å²) in [5, 5.41) is 0. The zero-order valence-electron chi connectivity index (χ0n) is 11.6. The highest BCUT2D eigenvalue weighted by atomic mass is 28.4. The molecule has 18 heavy (non-hydrogen) atoms. The summed E-state index contributed by atoms with van der Waals surface area (Å²) in [7, 11) is -3.99. The normalized spacial score (nSPS) is 25.7. The van der Waals surface area contributed by atoms with Gasteiger partial charge in [-0.1, -0.05) is 0 Å². The zero-order chi connectivity index (χ0) is 14.1. The van der Waals surface area contributed by atoms with Crippen molar-refractivity contribution >= 4 is 28.6 Å². The van der Waals surface area contributed by atoms with Crippen LogP contribution in [-0.2, 0) is 27.9 Å². The minimum Gasteiger partial charge on any atom is -0.420 e. The summed E-state index contributed by atoms with van der Waals surface area (Å²) in [6, 6.07) is 0. The Kier molecular flexibility index (Phi) is 4.36. The maximum Gasteiger partial charge on any atom is 0.378 e. The molecule has 1 heterocycles. The predicted molar refractivity (Wildman–Crippen MR) is 68.6 cm³/mol. The highest BCUT2D eigenvalue weighted by Gasteiger charge is 2.43. The van der Waals surface area contributed by atoms with Crippen LogP contribution in [0, 0.1) is 0 Å². The minimum absolute atomic E-state index is 0.708. The van der Waals surface area contributed by atoms with Crippen LogP contribution in [0.1, 0.15) is 0 Å². The molecular formula is C10H20O6Si2. The van der Waals surface area contributed by atoms with E-state index in [2.05, 4.69) is 0 Å². The van der Waals surface area contributed by atoms with E-state index in [1.165, 1.54) is 0 Å². The molecule has 0 aromatic carbocycles. The van der Waals surface area contributed by atoms with Gasteiger partial charge < -0.3 is 18.3 Å². The molecule has 0 radical (unpaired) electrons. The molecule has 6 nitrogen and oxygen atoms in total. The second kappa shape index (κ2) is 5.12. The third-order valence-electron chi connectivity index (χ3n) is 1.75. The Bertz CT molecular complexity index is 309. The van der Waals surface area contributed by atoms with Crippen molar-refractivity contribution in [3.8, 4) is 0 Å². The van der Waals surface area contributed by atoms with Crippen LogP contribution in [0.3, 0.4) is 0 Å². The van der Waals surface area contributed by atoms with E-state index in [0.29, 0.717) is 0 Å². The first-order valence-electron chi connectivity index (χ1n) is 5.74. The van der Waals surface area contributed by atoms with Crippen LogP contribution in [0.2, 0.25) is 39.3 Å². The molecule has 0 aromatic heterocycles. The smallest absolute Gasteiger partial charge is 0.378 e. The summed E-state index contributed by atoms with van der Waals surface area (Å²) >= 11 is 0. The van der Waals surface area contributed by atoms with Gasteiger partial charge in [0.2, 0.25) is 0 Å². The van der Waals surface area contributed by atoms with Gasteiger partial charge in [-0.2, -0.15) is 0 Å². The second-order valence-electron chi connectivity index (χ2n) is 6.00. The van der Waals surface area contributed by atoms with Gasteiger partial charge in [0.05, 0.1) is 0 Å². The number of rotatable bonds is 4. The SMILES string of the molecule is C[Si](C)(C)OC1OC(=O)C(O[Si](C)(C)C)OC1=O. The molecule has 0 saturated carbocycles. The fourth-order valence-electron chi connectivity index (χ4n) is 1.20. The maximum absolute atomic E-state index is 11.6. The lowest BCUT2D eigenvalue weighted by Crippen LogP contribution is -2.51. The number of carbonyl (C=O) groups is 2. The van der Waals surface area contributed by atoms with Gasteiger partial charge in [-0.15, -0.1) is 0 Å². The van der Waals surface area contributed by atoms with Crippen LogP contribution in [0.4, 0.5) is 0 Å². The van der Waals surface area contributed by atoms with Crippen LogP contribution in [0.15, 0.2) is 0 Å². The average Bonchev–Trinajstić information content (AvgIpc) is 2.08. The predicted octanol–water partition coefficient (Wildman–Crippen LogP) is 1.44. The average molecular weight is 292 g/mol. The minimum atomic E-state index is -2.00. The Morgan fingerprint density at radius 2 is 1.06 bits per heavy atom. The third-order valence-corrected chi connectivity index (χ3v) is 3.59.